The molecule has 0 aliphatic heterocycles. The van der Waals surface area contributed by atoms with E-state index in [-0.39, 0.29) is 25.9 Å². The van der Waals surface area contributed by atoms with Crippen LogP contribution in [0.2, 0.25) is 0 Å². The Hall–Kier alpha value is -1.37. The highest BCUT2D eigenvalue weighted by atomic mass is 32.1. The van der Waals surface area contributed by atoms with Gasteiger partial charge in [-0.2, -0.15) is 0 Å². The number of thiocarbonyl (C=S) groups is 1. The molecule has 0 aromatic rings. The van der Waals surface area contributed by atoms with E-state index in [9.17, 15) is 9.59 Å². The minimum atomic E-state index is -0.920. The van der Waals surface area contributed by atoms with Crippen molar-refractivity contribution in [1.29, 1.82) is 0 Å². The summed E-state index contributed by atoms with van der Waals surface area (Å²) in [4.78, 5) is 22.8. The second kappa shape index (κ2) is 11.5. The summed E-state index contributed by atoms with van der Waals surface area (Å²) in [7, 11) is 0. The van der Waals surface area contributed by atoms with Gasteiger partial charge in [0.2, 0.25) is 0 Å². The van der Waals surface area contributed by atoms with Crippen molar-refractivity contribution in [2.24, 2.45) is 0 Å². The SMILES string of the molecule is CCCCCCNC(=S)N(CCC(=O)O)CCC(=O)O. The number of hydrogen-bond donors (Lipinski definition) is 3. The highest BCUT2D eigenvalue weighted by Gasteiger charge is 2.12. The zero-order valence-corrected chi connectivity index (χ0v) is 12.7. The van der Waals surface area contributed by atoms with Crippen molar-refractivity contribution < 1.29 is 19.8 Å². The number of aliphatic carboxylic acids is 2. The Labute approximate surface area is 125 Å². The molecule has 20 heavy (non-hydrogen) atoms. The lowest BCUT2D eigenvalue weighted by Crippen LogP contribution is -2.42. The predicted octanol–water partition coefficient (Wildman–Crippen LogP) is 1.69. The number of carboxylic acid groups (broad SMARTS) is 2. The van der Waals surface area contributed by atoms with E-state index in [1.54, 1.807) is 4.90 Å². The topological polar surface area (TPSA) is 89.9 Å². The van der Waals surface area contributed by atoms with Crippen LogP contribution in [0.25, 0.3) is 0 Å². The number of carbonyl (C=O) groups is 2. The molecule has 3 N–H and O–H groups in total. The number of hydrogen-bond acceptors (Lipinski definition) is 3. The number of carboxylic acids is 2. The lowest BCUT2D eigenvalue weighted by Gasteiger charge is -2.24. The van der Waals surface area contributed by atoms with Crippen molar-refractivity contribution in [1.82, 2.24) is 10.2 Å². The number of nitrogens with one attached hydrogen (secondary N) is 1. The molecule has 0 fully saturated rings. The van der Waals surface area contributed by atoms with E-state index in [1.807, 2.05) is 0 Å². The van der Waals surface area contributed by atoms with Crippen molar-refractivity contribution >= 4 is 29.3 Å². The van der Waals surface area contributed by atoms with Gasteiger partial charge in [-0.3, -0.25) is 9.59 Å². The van der Waals surface area contributed by atoms with Gasteiger partial charge in [0.25, 0.3) is 0 Å². The van der Waals surface area contributed by atoms with Crippen molar-refractivity contribution in [3.8, 4) is 0 Å². The minimum Gasteiger partial charge on any atom is -0.481 e. The van der Waals surface area contributed by atoms with Crippen LogP contribution in [-0.2, 0) is 9.59 Å². The van der Waals surface area contributed by atoms with Crippen LogP contribution in [0.1, 0.15) is 45.4 Å². The fourth-order valence-corrected chi connectivity index (χ4v) is 1.92. The molecule has 0 bridgehead atoms. The average molecular weight is 304 g/mol. The lowest BCUT2D eigenvalue weighted by atomic mass is 10.2. The molecule has 0 unspecified atom stereocenters. The molecule has 0 heterocycles. The smallest absolute Gasteiger partial charge is 0.305 e. The van der Waals surface area contributed by atoms with Crippen LogP contribution in [0.15, 0.2) is 0 Å². The summed E-state index contributed by atoms with van der Waals surface area (Å²) in [5, 5.41) is 20.9. The summed E-state index contributed by atoms with van der Waals surface area (Å²) in [6, 6.07) is 0. The van der Waals surface area contributed by atoms with Gasteiger partial charge in [0.05, 0.1) is 12.8 Å². The molecule has 0 saturated heterocycles. The first kappa shape index (κ1) is 18.6. The molecule has 0 rings (SSSR count). The van der Waals surface area contributed by atoms with Gasteiger partial charge in [-0.1, -0.05) is 26.2 Å². The van der Waals surface area contributed by atoms with Gasteiger partial charge in [0.15, 0.2) is 5.11 Å². The van der Waals surface area contributed by atoms with Crippen LogP contribution < -0.4 is 5.32 Å². The summed E-state index contributed by atoms with van der Waals surface area (Å²) < 4.78 is 0. The number of nitrogens with zero attached hydrogens (tertiary/aromatic N) is 1. The monoisotopic (exact) mass is 304 g/mol. The molecule has 0 radical (unpaired) electrons. The normalized spacial score (nSPS) is 10.1. The Bertz CT molecular complexity index is 305. The summed E-state index contributed by atoms with van der Waals surface area (Å²) in [5.41, 5.74) is 0. The zero-order valence-electron chi connectivity index (χ0n) is 11.9. The van der Waals surface area contributed by atoms with E-state index in [0.29, 0.717) is 5.11 Å². The molecule has 0 aromatic heterocycles. The van der Waals surface area contributed by atoms with Gasteiger partial charge >= 0.3 is 11.9 Å². The predicted molar refractivity (Wildman–Crippen MR) is 80.8 cm³/mol. The van der Waals surface area contributed by atoms with Crippen LogP contribution in [0, 0.1) is 0 Å². The van der Waals surface area contributed by atoms with Gasteiger partial charge in [0, 0.05) is 19.6 Å². The van der Waals surface area contributed by atoms with Crippen molar-refractivity contribution in [3.05, 3.63) is 0 Å². The Morgan fingerprint density at radius 2 is 1.60 bits per heavy atom. The fraction of sp³-hybridized carbons (Fsp3) is 0.769. The summed E-state index contributed by atoms with van der Waals surface area (Å²) in [5.74, 6) is -1.84. The van der Waals surface area contributed by atoms with Gasteiger partial charge in [-0.25, -0.2) is 0 Å². The van der Waals surface area contributed by atoms with E-state index in [0.717, 1.165) is 25.8 Å². The molecule has 0 atom stereocenters. The van der Waals surface area contributed by atoms with Crippen LogP contribution in [0.3, 0.4) is 0 Å². The van der Waals surface area contributed by atoms with Gasteiger partial charge in [-0.15, -0.1) is 0 Å². The Kier molecular flexibility index (Phi) is 10.7. The number of unbranched alkanes of at least 4 members (excludes halogenated alkanes) is 3. The Morgan fingerprint density at radius 1 is 1.05 bits per heavy atom. The van der Waals surface area contributed by atoms with Crippen molar-refractivity contribution in [2.45, 2.75) is 45.4 Å². The molecule has 0 aromatic carbocycles. The molecule has 116 valence electrons. The molecule has 7 heteroatoms. The maximum atomic E-state index is 10.6. The number of rotatable bonds is 11. The first-order valence-electron chi connectivity index (χ1n) is 6.93. The molecule has 6 nitrogen and oxygen atoms in total. The van der Waals surface area contributed by atoms with E-state index < -0.39 is 11.9 Å². The maximum absolute atomic E-state index is 10.6. The van der Waals surface area contributed by atoms with Crippen molar-refractivity contribution in [3.63, 3.8) is 0 Å². The quantitative estimate of drug-likeness (QED) is 0.395. The lowest BCUT2D eigenvalue weighted by molar-refractivity contribution is -0.137. The maximum Gasteiger partial charge on any atom is 0.305 e. The molecule has 0 amide bonds. The Balaban J connectivity index is 4.10. The second-order valence-corrected chi connectivity index (χ2v) is 4.95. The third-order valence-electron chi connectivity index (χ3n) is 2.78. The third kappa shape index (κ3) is 10.5. The van der Waals surface area contributed by atoms with E-state index >= 15 is 0 Å². The Morgan fingerprint density at radius 3 is 2.05 bits per heavy atom. The van der Waals surface area contributed by atoms with E-state index in [2.05, 4.69) is 12.2 Å². The van der Waals surface area contributed by atoms with Crippen LogP contribution >= 0.6 is 12.2 Å². The zero-order chi connectivity index (χ0) is 15.4. The average Bonchev–Trinajstić information content (AvgIpc) is 2.37. The van der Waals surface area contributed by atoms with Gasteiger partial charge in [-0.05, 0) is 18.6 Å². The molecule has 0 spiro atoms. The summed E-state index contributed by atoms with van der Waals surface area (Å²) in [6.07, 6.45) is 4.34. The largest absolute Gasteiger partial charge is 0.481 e. The highest BCUT2D eigenvalue weighted by Crippen LogP contribution is 2.00. The van der Waals surface area contributed by atoms with Crippen LogP contribution in [0.5, 0.6) is 0 Å². The summed E-state index contributed by atoms with van der Waals surface area (Å²) in [6.45, 7) is 3.32. The van der Waals surface area contributed by atoms with Crippen LogP contribution in [-0.4, -0.2) is 51.8 Å². The highest BCUT2D eigenvalue weighted by molar-refractivity contribution is 7.80. The molecule has 0 saturated carbocycles. The van der Waals surface area contributed by atoms with E-state index in [1.165, 1.54) is 6.42 Å². The summed E-state index contributed by atoms with van der Waals surface area (Å²) >= 11 is 5.19. The molecule has 0 aliphatic carbocycles. The second-order valence-electron chi connectivity index (χ2n) is 4.57. The van der Waals surface area contributed by atoms with E-state index in [4.69, 9.17) is 22.4 Å². The standard InChI is InChI=1S/C13H24N2O4S/c1-2-3-4-5-8-14-13(20)15(9-6-11(16)17)10-7-12(18)19/h2-10H2,1H3,(H,14,20)(H,16,17)(H,18,19). The fourth-order valence-electron chi connectivity index (χ4n) is 1.63. The molecule has 0 aliphatic rings. The first-order chi connectivity index (χ1) is 9.47. The molecular weight excluding hydrogens is 280 g/mol. The van der Waals surface area contributed by atoms with Gasteiger partial charge < -0.3 is 20.4 Å². The third-order valence-corrected chi connectivity index (χ3v) is 3.19. The van der Waals surface area contributed by atoms with Crippen molar-refractivity contribution in [2.75, 3.05) is 19.6 Å². The minimum absolute atomic E-state index is 0.0583. The van der Waals surface area contributed by atoms with Gasteiger partial charge in [0.1, 0.15) is 0 Å². The first-order valence-corrected chi connectivity index (χ1v) is 7.34. The molecular formula is C13H24N2O4S. The van der Waals surface area contributed by atoms with Crippen LogP contribution in [0.4, 0.5) is 0 Å².